The Balaban J connectivity index is 1.48. The zero-order valence-corrected chi connectivity index (χ0v) is 13.4. The molecule has 0 fully saturated rings. The van der Waals surface area contributed by atoms with E-state index >= 15 is 0 Å². The largest absolute Gasteiger partial charge is 0.488 e. The fourth-order valence-corrected chi connectivity index (χ4v) is 3.17. The number of benzene rings is 1. The second kappa shape index (κ2) is 5.66. The third-order valence-electron chi connectivity index (χ3n) is 4.71. The summed E-state index contributed by atoms with van der Waals surface area (Å²) in [4.78, 5) is 10.8. The van der Waals surface area contributed by atoms with Gasteiger partial charge >= 0.3 is 0 Å². The van der Waals surface area contributed by atoms with Crippen molar-refractivity contribution in [2.24, 2.45) is 0 Å². The van der Waals surface area contributed by atoms with Crippen molar-refractivity contribution < 1.29 is 4.74 Å². The van der Waals surface area contributed by atoms with Gasteiger partial charge in [0.05, 0.1) is 18.1 Å². The van der Waals surface area contributed by atoms with E-state index in [4.69, 9.17) is 4.74 Å². The lowest BCUT2D eigenvalue weighted by molar-refractivity contribution is 0.104. The highest BCUT2D eigenvalue weighted by Crippen LogP contribution is 2.30. The average molecular weight is 308 g/mol. The molecule has 0 N–H and O–H groups in total. The molecule has 1 aliphatic rings. The number of likely N-dealkylation sites (N-methyl/N-ethyl adjacent to an activating group) is 1. The summed E-state index contributed by atoms with van der Waals surface area (Å²) >= 11 is 0. The van der Waals surface area contributed by atoms with Gasteiger partial charge in [-0.25, -0.2) is 4.98 Å². The van der Waals surface area contributed by atoms with E-state index in [-0.39, 0.29) is 6.10 Å². The molecule has 0 unspecified atom stereocenters. The number of hydrogen-bond donors (Lipinski definition) is 0. The number of hydrogen-bond acceptors (Lipinski definition) is 4. The monoisotopic (exact) mass is 308 g/mol. The Morgan fingerprint density at radius 2 is 2.22 bits per heavy atom. The Morgan fingerprint density at radius 3 is 3.09 bits per heavy atom. The summed E-state index contributed by atoms with van der Waals surface area (Å²) in [5, 5.41) is 0. The van der Waals surface area contributed by atoms with Crippen LogP contribution in [0.15, 0.2) is 49.1 Å². The van der Waals surface area contributed by atoms with Gasteiger partial charge in [-0.3, -0.25) is 14.3 Å². The van der Waals surface area contributed by atoms with Crippen molar-refractivity contribution in [2.45, 2.75) is 32.0 Å². The summed E-state index contributed by atoms with van der Waals surface area (Å²) in [6.45, 7) is 3.05. The molecule has 1 aromatic carbocycles. The van der Waals surface area contributed by atoms with Gasteiger partial charge in [-0.15, -0.1) is 0 Å². The summed E-state index contributed by atoms with van der Waals surface area (Å²) in [5.41, 5.74) is 3.35. The molecule has 3 heterocycles. The zero-order valence-electron chi connectivity index (χ0n) is 13.4. The zero-order chi connectivity index (χ0) is 15.8. The third-order valence-corrected chi connectivity index (χ3v) is 4.71. The molecule has 5 heteroatoms. The molecular formula is C18H20N4O. The summed E-state index contributed by atoms with van der Waals surface area (Å²) in [7, 11) is 2.14. The van der Waals surface area contributed by atoms with E-state index < -0.39 is 0 Å². The van der Waals surface area contributed by atoms with E-state index in [1.807, 2.05) is 18.5 Å². The molecule has 1 aliphatic heterocycles. The van der Waals surface area contributed by atoms with Gasteiger partial charge in [0.1, 0.15) is 11.9 Å². The first kappa shape index (κ1) is 14.2. The number of nitrogens with zero attached hydrogens (tertiary/aromatic N) is 4. The van der Waals surface area contributed by atoms with E-state index in [1.54, 1.807) is 12.4 Å². The molecule has 2 aromatic heterocycles. The molecule has 23 heavy (non-hydrogen) atoms. The highest BCUT2D eigenvalue weighted by molar-refractivity contribution is 5.38. The number of ether oxygens (including phenoxy) is 1. The fourth-order valence-electron chi connectivity index (χ4n) is 3.17. The van der Waals surface area contributed by atoms with Crippen LogP contribution in [0.5, 0.6) is 5.75 Å². The molecule has 0 amide bonds. The average Bonchev–Trinajstić information content (AvgIpc) is 3.18. The van der Waals surface area contributed by atoms with E-state index in [2.05, 4.69) is 51.4 Å². The second-order valence-electron chi connectivity index (χ2n) is 6.18. The Bertz CT molecular complexity index is 804. The minimum Gasteiger partial charge on any atom is -0.488 e. The van der Waals surface area contributed by atoms with E-state index in [0.717, 1.165) is 30.1 Å². The predicted octanol–water partition coefficient (Wildman–Crippen LogP) is 2.55. The Hall–Kier alpha value is -2.40. The van der Waals surface area contributed by atoms with Crippen LogP contribution in [0.4, 0.5) is 0 Å². The van der Waals surface area contributed by atoms with Crippen molar-refractivity contribution in [3.8, 4) is 5.75 Å². The maximum atomic E-state index is 6.12. The van der Waals surface area contributed by atoms with Gasteiger partial charge < -0.3 is 4.74 Å². The van der Waals surface area contributed by atoms with Gasteiger partial charge in [0.25, 0.3) is 0 Å². The minimum atomic E-state index is 0.193. The van der Waals surface area contributed by atoms with Gasteiger partial charge in [-0.05, 0) is 25.6 Å². The molecule has 0 bridgehead atoms. The standard InChI is InChI=1S/C18H20N4O/c1-13(17-9-14-5-3-4-6-16(14)23-17)21(2)12-15-10-20-18-11-19-7-8-22(15)18/h3-8,10-11,13,17H,9,12H2,1-2H3/t13-,17+/m1/s1. The maximum Gasteiger partial charge on any atom is 0.155 e. The molecule has 5 nitrogen and oxygen atoms in total. The van der Waals surface area contributed by atoms with Crippen LogP contribution in [0, 0.1) is 0 Å². The lowest BCUT2D eigenvalue weighted by Crippen LogP contribution is -2.41. The molecule has 2 atom stereocenters. The molecule has 0 radical (unpaired) electrons. The molecule has 4 rings (SSSR count). The van der Waals surface area contributed by atoms with Gasteiger partial charge in [-0.1, -0.05) is 18.2 Å². The van der Waals surface area contributed by atoms with E-state index in [1.165, 1.54) is 5.56 Å². The quantitative estimate of drug-likeness (QED) is 0.743. The van der Waals surface area contributed by atoms with Crippen molar-refractivity contribution in [3.63, 3.8) is 0 Å². The lowest BCUT2D eigenvalue weighted by atomic mass is 10.0. The lowest BCUT2D eigenvalue weighted by Gasteiger charge is -2.28. The number of para-hydroxylation sites is 1. The molecule has 118 valence electrons. The van der Waals surface area contributed by atoms with E-state index in [0.29, 0.717) is 6.04 Å². The smallest absolute Gasteiger partial charge is 0.155 e. The molecular weight excluding hydrogens is 288 g/mol. The number of aromatic nitrogens is 3. The predicted molar refractivity (Wildman–Crippen MR) is 88.5 cm³/mol. The van der Waals surface area contributed by atoms with Gasteiger partial charge in [0.15, 0.2) is 5.65 Å². The molecule has 0 saturated carbocycles. The van der Waals surface area contributed by atoms with Crippen LogP contribution in [0.25, 0.3) is 5.65 Å². The topological polar surface area (TPSA) is 42.7 Å². The fraction of sp³-hybridized carbons (Fsp3) is 0.333. The first-order valence-electron chi connectivity index (χ1n) is 7.93. The number of rotatable bonds is 4. The molecule has 0 aliphatic carbocycles. The first-order valence-corrected chi connectivity index (χ1v) is 7.93. The minimum absolute atomic E-state index is 0.193. The van der Waals surface area contributed by atoms with Crippen LogP contribution < -0.4 is 4.74 Å². The Morgan fingerprint density at radius 1 is 1.35 bits per heavy atom. The first-order chi connectivity index (χ1) is 11.2. The van der Waals surface area contributed by atoms with Crippen molar-refractivity contribution in [1.29, 1.82) is 0 Å². The van der Waals surface area contributed by atoms with E-state index in [9.17, 15) is 0 Å². The molecule has 0 spiro atoms. The summed E-state index contributed by atoms with van der Waals surface area (Å²) in [6, 6.07) is 8.63. The molecule has 0 saturated heterocycles. The number of imidazole rings is 1. The Labute approximate surface area is 135 Å². The van der Waals surface area contributed by atoms with Gasteiger partial charge in [-0.2, -0.15) is 0 Å². The SMILES string of the molecule is C[C@H]([C@@H]1Cc2ccccc2O1)N(C)Cc1cnc2cnccn12. The number of fused-ring (bicyclic) bond motifs is 2. The van der Waals surface area contributed by atoms with Crippen LogP contribution >= 0.6 is 0 Å². The highest BCUT2D eigenvalue weighted by Gasteiger charge is 2.29. The van der Waals surface area contributed by atoms with Crippen molar-refractivity contribution in [2.75, 3.05) is 7.05 Å². The summed E-state index contributed by atoms with van der Waals surface area (Å²) in [5.74, 6) is 1.03. The van der Waals surface area contributed by atoms with Crippen LogP contribution in [0.2, 0.25) is 0 Å². The van der Waals surface area contributed by atoms with Crippen molar-refractivity contribution in [1.82, 2.24) is 19.3 Å². The normalized spacial score (nSPS) is 18.1. The van der Waals surface area contributed by atoms with Crippen LogP contribution in [-0.2, 0) is 13.0 Å². The van der Waals surface area contributed by atoms with Crippen molar-refractivity contribution in [3.05, 3.63) is 60.3 Å². The highest BCUT2D eigenvalue weighted by atomic mass is 16.5. The van der Waals surface area contributed by atoms with Crippen LogP contribution in [0.1, 0.15) is 18.2 Å². The maximum absolute atomic E-state index is 6.12. The summed E-state index contributed by atoms with van der Waals surface area (Å²) in [6.07, 6.45) is 8.61. The van der Waals surface area contributed by atoms with Gasteiger partial charge in [0, 0.05) is 31.4 Å². The van der Waals surface area contributed by atoms with Gasteiger partial charge in [0.2, 0.25) is 0 Å². The molecule has 3 aromatic rings. The van der Waals surface area contributed by atoms with Crippen molar-refractivity contribution >= 4 is 5.65 Å². The summed E-state index contributed by atoms with van der Waals surface area (Å²) < 4.78 is 8.21. The van der Waals surface area contributed by atoms with Crippen LogP contribution in [0.3, 0.4) is 0 Å². The Kier molecular flexibility index (Phi) is 3.50. The van der Waals surface area contributed by atoms with Crippen LogP contribution in [-0.4, -0.2) is 38.5 Å². The third kappa shape index (κ3) is 2.57. The second-order valence-corrected chi connectivity index (χ2v) is 6.18.